The first-order valence-electron chi connectivity index (χ1n) is 22.9. The smallest absolute Gasteiger partial charge is 0.305 e. The predicted octanol–water partition coefficient (Wildman–Crippen LogP) is 11.2. The number of carbonyl (C=O) groups is 2. The standard InChI is InChI=1S/C17H24N4O2S.C15H21N5O2S.C7H6N4S.C5H4BrN.C2H3N3S.CH4.H3P/c1-2-23-16(22)11-6-4-3-5-9-13-21(17-19-14-20-24-17)15-10-7-8-12-18-15;21-14(19-22)9-4-2-1-3-7-11-20(15-17-12-18-23-15)13-8-5-6-10-16-13;1-2-4-8-6(3-1)11-7-9-5-10-12-7;6-5-3-1-2-4-7-5;3-2-4-1-5-6-2;;/h7-8,10,12,14H,2-6,9,11,13H2,1H3;5-6,8,10,12,22H,1-4,7,9,11H2,(H,19,21);1-5H,(H,8,9,10,11);1-4H;1H,(H2,3,4,5);1H4;1H3. The van der Waals surface area contributed by atoms with Gasteiger partial charge in [-0.1, -0.05) is 70.2 Å². The Kier molecular flexibility index (Phi) is 35.6. The molecule has 8 aromatic heterocycles. The summed E-state index contributed by atoms with van der Waals surface area (Å²) in [6, 6.07) is 23.0. The lowest BCUT2D eigenvalue weighted by Crippen LogP contribution is -2.19. The van der Waals surface area contributed by atoms with Crippen LogP contribution in [-0.4, -0.2) is 94.1 Å². The molecule has 5 N–H and O–H groups in total. The molecule has 0 saturated heterocycles. The third-order valence-corrected chi connectivity index (χ3v) is 12.2. The number of unbranched alkanes of at least 4 members (excludes halogenated alkanes) is 8. The lowest BCUT2D eigenvalue weighted by atomic mass is 10.1. The third kappa shape index (κ3) is 28.3. The molecule has 1 unspecified atom stereocenters. The first-order chi connectivity index (χ1) is 35.4. The molecular weight excluding hydrogens is 1110 g/mol. The molecule has 0 saturated carbocycles. The number of nitrogens with zero attached hydrogens (tertiary/aromatic N) is 14. The molecule has 74 heavy (non-hydrogen) atoms. The minimum atomic E-state index is -0.317. The van der Waals surface area contributed by atoms with Crippen LogP contribution >= 0.6 is 72.0 Å². The van der Waals surface area contributed by atoms with Gasteiger partial charge in [-0.05, 0) is 97.1 Å². The summed E-state index contributed by atoms with van der Waals surface area (Å²) in [5.74, 6) is 2.16. The second-order valence-electron chi connectivity index (χ2n) is 14.5. The molecule has 0 fully saturated rings. The van der Waals surface area contributed by atoms with E-state index in [1.165, 1.54) is 58.8 Å². The van der Waals surface area contributed by atoms with Gasteiger partial charge in [-0.15, -0.1) is 0 Å². The second-order valence-corrected chi connectivity index (χ2v) is 18.4. The van der Waals surface area contributed by atoms with Crippen LogP contribution in [0.15, 0.2) is 127 Å². The van der Waals surface area contributed by atoms with E-state index in [1.807, 2.05) is 79.7 Å². The summed E-state index contributed by atoms with van der Waals surface area (Å²) in [6.45, 7) is 4.00. The number of ether oxygens (including phenoxy) is 1. The molecule has 21 nitrogen and oxygen atoms in total. The van der Waals surface area contributed by atoms with Crippen LogP contribution in [0.1, 0.15) is 91.4 Å². The van der Waals surface area contributed by atoms with Gasteiger partial charge >= 0.3 is 5.97 Å². The summed E-state index contributed by atoms with van der Waals surface area (Å²) in [6.07, 6.45) is 24.2. The molecule has 0 radical (unpaired) electrons. The van der Waals surface area contributed by atoms with Crippen LogP contribution in [0.4, 0.5) is 38.0 Å². The van der Waals surface area contributed by atoms with Gasteiger partial charge in [0.25, 0.3) is 0 Å². The molecular formula is C47H65BrN17O4PS4. The first-order valence-corrected chi connectivity index (χ1v) is 26.8. The van der Waals surface area contributed by atoms with Gasteiger partial charge in [0, 0.05) is 96.8 Å². The molecule has 0 aliphatic carbocycles. The Morgan fingerprint density at radius 2 is 1.08 bits per heavy atom. The Bertz CT molecular complexity index is 2500. The highest BCUT2D eigenvalue weighted by Crippen LogP contribution is 2.26. The van der Waals surface area contributed by atoms with Crippen LogP contribution in [0, 0.1) is 0 Å². The first kappa shape index (κ1) is 64.0. The van der Waals surface area contributed by atoms with Crippen molar-refractivity contribution < 1.29 is 19.5 Å². The van der Waals surface area contributed by atoms with Crippen molar-refractivity contribution in [3.8, 4) is 0 Å². The molecule has 0 spiro atoms. The number of rotatable bonds is 23. The highest BCUT2D eigenvalue weighted by molar-refractivity contribution is 9.10. The van der Waals surface area contributed by atoms with Crippen molar-refractivity contribution >= 4 is 122 Å². The highest BCUT2D eigenvalue weighted by atomic mass is 79.9. The van der Waals surface area contributed by atoms with E-state index in [0.717, 1.165) is 115 Å². The van der Waals surface area contributed by atoms with E-state index in [0.29, 0.717) is 24.6 Å². The number of nitrogens with two attached hydrogens (primary N) is 1. The largest absolute Gasteiger partial charge is 0.466 e. The zero-order valence-electron chi connectivity index (χ0n) is 40.4. The van der Waals surface area contributed by atoms with Crippen LogP contribution < -0.4 is 26.3 Å². The highest BCUT2D eigenvalue weighted by Gasteiger charge is 2.14. The van der Waals surface area contributed by atoms with Gasteiger partial charge < -0.3 is 25.6 Å². The van der Waals surface area contributed by atoms with Crippen molar-refractivity contribution in [2.75, 3.05) is 40.5 Å². The van der Waals surface area contributed by atoms with Crippen molar-refractivity contribution in [1.82, 2.24) is 62.8 Å². The number of hydroxylamine groups is 1. The Balaban J connectivity index is 0.000000343. The average Bonchev–Trinajstić information content (AvgIpc) is 4.29. The summed E-state index contributed by atoms with van der Waals surface area (Å²) in [7, 11) is 0. The van der Waals surface area contributed by atoms with Crippen LogP contribution in [0.2, 0.25) is 0 Å². The zero-order chi connectivity index (χ0) is 51.1. The number of hydrogen-bond acceptors (Lipinski definition) is 24. The van der Waals surface area contributed by atoms with Gasteiger partial charge in [0.15, 0.2) is 5.13 Å². The molecule has 398 valence electrons. The molecule has 1 atom stereocenters. The van der Waals surface area contributed by atoms with E-state index in [1.54, 1.807) is 42.9 Å². The zero-order valence-corrected chi connectivity index (χ0v) is 46.6. The quantitative estimate of drug-likeness (QED) is 0.0116. The number of esters is 1. The lowest BCUT2D eigenvalue weighted by Gasteiger charge is -2.20. The van der Waals surface area contributed by atoms with E-state index >= 15 is 0 Å². The van der Waals surface area contributed by atoms with E-state index in [-0.39, 0.29) is 29.2 Å². The maximum atomic E-state index is 11.3. The summed E-state index contributed by atoms with van der Waals surface area (Å²) in [4.78, 5) is 59.3. The normalized spacial score (nSPS) is 9.77. The molecule has 27 heteroatoms. The SMILES string of the molecule is Brc1ccccn1.C.CCOC(=O)CCCCCCCN(c1ccccn1)c1ncns1.Nc1ncns1.O=C(CCCCCCCN(c1ccccn1)c1ncns1)NO.P.c1ccc(Nc2ncns2)nc1. The summed E-state index contributed by atoms with van der Waals surface area (Å²) in [5, 5.41) is 14.4. The molecule has 0 aliphatic rings. The fourth-order valence-corrected chi connectivity index (χ4v) is 8.10. The fourth-order valence-electron chi connectivity index (χ4n) is 5.96. The van der Waals surface area contributed by atoms with Crippen LogP contribution in [-0.2, 0) is 14.3 Å². The maximum Gasteiger partial charge on any atom is 0.305 e. The molecule has 0 aliphatic heterocycles. The number of aromatic nitrogens is 12. The number of nitrogens with one attached hydrogen (secondary N) is 2. The minimum Gasteiger partial charge on any atom is -0.466 e. The lowest BCUT2D eigenvalue weighted by molar-refractivity contribution is -0.143. The van der Waals surface area contributed by atoms with Crippen molar-refractivity contribution in [1.29, 1.82) is 0 Å². The van der Waals surface area contributed by atoms with Crippen molar-refractivity contribution in [3.63, 3.8) is 0 Å². The number of anilines is 7. The van der Waals surface area contributed by atoms with Crippen LogP contribution in [0.5, 0.6) is 0 Å². The van der Waals surface area contributed by atoms with E-state index in [2.05, 4.69) is 88.4 Å². The van der Waals surface area contributed by atoms with Gasteiger partial charge in [-0.25, -0.2) is 45.4 Å². The second kappa shape index (κ2) is 41.2. The Labute approximate surface area is 460 Å². The molecule has 1 amide bonds. The average molecular weight is 1170 g/mol. The Morgan fingerprint density at radius 3 is 1.47 bits per heavy atom. The van der Waals surface area contributed by atoms with Crippen LogP contribution in [0.3, 0.4) is 0 Å². The number of nitrogen functional groups attached to an aromatic ring is 1. The Morgan fingerprint density at radius 1 is 0.595 bits per heavy atom. The van der Waals surface area contributed by atoms with Crippen molar-refractivity contribution in [2.24, 2.45) is 0 Å². The van der Waals surface area contributed by atoms with Gasteiger partial charge in [-0.3, -0.25) is 14.8 Å². The molecule has 0 aromatic carbocycles. The minimum absolute atomic E-state index is 0. The van der Waals surface area contributed by atoms with Gasteiger partial charge in [0.05, 0.1) is 6.61 Å². The molecule has 0 bridgehead atoms. The van der Waals surface area contributed by atoms with Gasteiger partial charge in [0.2, 0.25) is 21.3 Å². The summed E-state index contributed by atoms with van der Waals surface area (Å²) < 4.78 is 21.4. The summed E-state index contributed by atoms with van der Waals surface area (Å²) in [5.41, 5.74) is 6.77. The number of halogens is 1. The number of amides is 1. The topological polar surface area (TPSA) is 275 Å². The van der Waals surface area contributed by atoms with E-state index in [9.17, 15) is 9.59 Å². The molecule has 8 aromatic rings. The van der Waals surface area contributed by atoms with Crippen molar-refractivity contribution in [2.45, 2.75) is 91.4 Å². The molecule has 8 rings (SSSR count). The predicted molar refractivity (Wildman–Crippen MR) is 306 cm³/mol. The fraction of sp³-hybridized carbons (Fsp3) is 0.362. The maximum absolute atomic E-state index is 11.3. The summed E-state index contributed by atoms with van der Waals surface area (Å²) >= 11 is 8.44. The van der Waals surface area contributed by atoms with E-state index in [4.69, 9.17) is 15.7 Å². The van der Waals surface area contributed by atoms with Gasteiger partial charge in [0.1, 0.15) is 47.4 Å². The number of hydrogen-bond donors (Lipinski definition) is 4. The Hall–Kier alpha value is -6.15. The van der Waals surface area contributed by atoms with Crippen molar-refractivity contribution in [3.05, 3.63) is 127 Å². The number of pyridine rings is 4. The number of carbonyl (C=O) groups excluding carboxylic acids is 2. The molecule has 8 heterocycles. The van der Waals surface area contributed by atoms with Gasteiger partial charge in [-0.2, -0.15) is 27.4 Å². The monoisotopic (exact) mass is 1170 g/mol. The van der Waals surface area contributed by atoms with E-state index < -0.39 is 0 Å². The van der Waals surface area contributed by atoms with Crippen LogP contribution in [0.25, 0.3) is 0 Å². The third-order valence-electron chi connectivity index (χ3n) is 9.26.